The molecule has 1 aromatic carbocycles. The number of hydrogen-bond donors (Lipinski definition) is 1. The molecular formula is C15H22ClNO3. The van der Waals surface area contributed by atoms with Crippen molar-refractivity contribution in [1.82, 2.24) is 4.90 Å². The van der Waals surface area contributed by atoms with Gasteiger partial charge in [0.1, 0.15) is 0 Å². The van der Waals surface area contributed by atoms with Gasteiger partial charge in [0.25, 0.3) is 0 Å². The summed E-state index contributed by atoms with van der Waals surface area (Å²) in [7, 11) is 0. The molecule has 0 bridgehead atoms. The fraction of sp³-hybridized carbons (Fsp3) is 0.600. The largest absolute Gasteiger partial charge is 0.394 e. The van der Waals surface area contributed by atoms with E-state index in [1.807, 2.05) is 24.3 Å². The normalized spacial score (nSPS) is 23.9. The van der Waals surface area contributed by atoms with Crippen LogP contribution in [0.4, 0.5) is 0 Å². The monoisotopic (exact) mass is 299 g/mol. The Labute approximate surface area is 125 Å². The molecule has 5 heteroatoms. The molecule has 1 N–H and O–H groups in total. The first-order chi connectivity index (χ1) is 9.72. The lowest BCUT2D eigenvalue weighted by molar-refractivity contribution is -0.0675. The Morgan fingerprint density at radius 3 is 2.95 bits per heavy atom. The van der Waals surface area contributed by atoms with E-state index < -0.39 is 0 Å². The highest BCUT2D eigenvalue weighted by Gasteiger charge is 2.27. The van der Waals surface area contributed by atoms with Crippen molar-refractivity contribution in [2.24, 2.45) is 0 Å². The number of hydrogen-bond acceptors (Lipinski definition) is 4. The van der Waals surface area contributed by atoms with Crippen LogP contribution in [-0.2, 0) is 9.47 Å². The van der Waals surface area contributed by atoms with Crippen LogP contribution in [0, 0.1) is 0 Å². The van der Waals surface area contributed by atoms with Gasteiger partial charge in [0.15, 0.2) is 0 Å². The third-order valence-electron chi connectivity index (χ3n) is 3.57. The summed E-state index contributed by atoms with van der Waals surface area (Å²) >= 11 is 6.24. The molecule has 0 saturated carbocycles. The van der Waals surface area contributed by atoms with Crippen LogP contribution >= 0.6 is 11.6 Å². The minimum Gasteiger partial charge on any atom is -0.394 e. The van der Waals surface area contributed by atoms with Crippen LogP contribution in [0.15, 0.2) is 24.3 Å². The molecule has 20 heavy (non-hydrogen) atoms. The zero-order valence-corrected chi connectivity index (χ0v) is 12.6. The van der Waals surface area contributed by atoms with Crippen LogP contribution in [-0.4, -0.2) is 55.6 Å². The number of aliphatic hydroxyl groups excluding tert-OH is 1. The average Bonchev–Trinajstić information content (AvgIpc) is 2.46. The molecule has 1 heterocycles. The van der Waals surface area contributed by atoms with Crippen molar-refractivity contribution in [3.05, 3.63) is 34.9 Å². The zero-order chi connectivity index (χ0) is 14.4. The van der Waals surface area contributed by atoms with Crippen LogP contribution in [0.5, 0.6) is 0 Å². The van der Waals surface area contributed by atoms with Gasteiger partial charge < -0.3 is 14.6 Å². The van der Waals surface area contributed by atoms with Crippen LogP contribution < -0.4 is 0 Å². The number of benzene rings is 1. The Morgan fingerprint density at radius 1 is 1.40 bits per heavy atom. The van der Waals surface area contributed by atoms with Crippen LogP contribution in [0.1, 0.15) is 18.6 Å². The molecule has 1 aromatic rings. The number of morpholine rings is 1. The second kappa shape index (κ2) is 7.96. The van der Waals surface area contributed by atoms with Crippen molar-refractivity contribution in [3.63, 3.8) is 0 Å². The predicted molar refractivity (Wildman–Crippen MR) is 79.1 cm³/mol. The lowest BCUT2D eigenvalue weighted by atomic mass is 10.1. The van der Waals surface area contributed by atoms with Gasteiger partial charge in [-0.2, -0.15) is 0 Å². The maximum Gasteiger partial charge on any atom is 0.0967 e. The highest BCUT2D eigenvalue weighted by Crippen LogP contribution is 2.29. The first-order valence-electron chi connectivity index (χ1n) is 7.01. The third-order valence-corrected chi connectivity index (χ3v) is 3.92. The maximum atomic E-state index is 8.70. The van der Waals surface area contributed by atoms with Crippen molar-refractivity contribution < 1.29 is 14.6 Å². The Hall–Kier alpha value is -0.650. The summed E-state index contributed by atoms with van der Waals surface area (Å²) in [6.07, 6.45) is 0.0118. The minimum absolute atomic E-state index is 0.0118. The summed E-state index contributed by atoms with van der Waals surface area (Å²) < 4.78 is 11.2. The molecule has 1 aliphatic heterocycles. The number of rotatable bonds is 6. The molecule has 0 spiro atoms. The Balaban J connectivity index is 1.92. The van der Waals surface area contributed by atoms with Gasteiger partial charge in [-0.3, -0.25) is 4.90 Å². The summed E-state index contributed by atoms with van der Waals surface area (Å²) in [6.45, 7) is 5.58. The fourth-order valence-corrected chi connectivity index (χ4v) is 2.65. The molecule has 2 unspecified atom stereocenters. The highest BCUT2D eigenvalue weighted by atomic mass is 35.5. The second-order valence-electron chi connectivity index (χ2n) is 5.02. The lowest BCUT2D eigenvalue weighted by Crippen LogP contribution is -2.46. The Morgan fingerprint density at radius 2 is 2.20 bits per heavy atom. The lowest BCUT2D eigenvalue weighted by Gasteiger charge is -2.38. The van der Waals surface area contributed by atoms with Crippen molar-refractivity contribution >= 4 is 11.6 Å². The Kier molecular flexibility index (Phi) is 6.26. The van der Waals surface area contributed by atoms with Crippen molar-refractivity contribution in [3.8, 4) is 0 Å². The number of ether oxygens (including phenoxy) is 2. The van der Waals surface area contributed by atoms with Crippen LogP contribution in [0.25, 0.3) is 0 Å². The molecule has 1 saturated heterocycles. The molecule has 4 nitrogen and oxygen atoms in total. The van der Waals surface area contributed by atoms with E-state index in [1.54, 1.807) is 0 Å². The summed E-state index contributed by atoms with van der Waals surface area (Å²) in [4.78, 5) is 2.34. The molecule has 1 aliphatic rings. The van der Waals surface area contributed by atoms with E-state index in [-0.39, 0.29) is 12.7 Å². The van der Waals surface area contributed by atoms with E-state index in [0.29, 0.717) is 25.9 Å². The molecule has 112 valence electrons. The summed E-state index contributed by atoms with van der Waals surface area (Å²) in [5.74, 6) is 0. The minimum atomic E-state index is 0.0118. The van der Waals surface area contributed by atoms with Crippen molar-refractivity contribution in [2.75, 3.05) is 39.5 Å². The summed E-state index contributed by atoms with van der Waals surface area (Å²) in [5.41, 5.74) is 1.04. The quantitative estimate of drug-likeness (QED) is 0.817. The van der Waals surface area contributed by atoms with E-state index in [9.17, 15) is 0 Å². The van der Waals surface area contributed by atoms with Crippen LogP contribution in [0.3, 0.4) is 0 Å². The third kappa shape index (κ3) is 4.17. The number of nitrogens with zero attached hydrogens (tertiary/aromatic N) is 1. The van der Waals surface area contributed by atoms with E-state index in [2.05, 4.69) is 11.8 Å². The topological polar surface area (TPSA) is 41.9 Å². The van der Waals surface area contributed by atoms with Crippen molar-refractivity contribution in [2.45, 2.75) is 19.1 Å². The molecule has 0 amide bonds. The van der Waals surface area contributed by atoms with Gasteiger partial charge in [0.05, 0.1) is 32.5 Å². The van der Waals surface area contributed by atoms with Gasteiger partial charge in [-0.05, 0) is 13.0 Å². The van der Waals surface area contributed by atoms with E-state index in [1.165, 1.54) is 0 Å². The van der Waals surface area contributed by atoms with Gasteiger partial charge in [-0.25, -0.2) is 0 Å². The van der Waals surface area contributed by atoms with Crippen LogP contribution in [0.2, 0.25) is 5.02 Å². The molecule has 0 aliphatic carbocycles. The SMILES string of the molecule is CC1COC(c2ccccc2Cl)CN1CCOCCO. The number of halogens is 1. The van der Waals surface area contributed by atoms with Gasteiger partial charge in [-0.15, -0.1) is 0 Å². The molecular weight excluding hydrogens is 278 g/mol. The first-order valence-corrected chi connectivity index (χ1v) is 7.39. The molecule has 0 radical (unpaired) electrons. The van der Waals surface area contributed by atoms with Crippen molar-refractivity contribution in [1.29, 1.82) is 0 Å². The summed E-state index contributed by atoms with van der Waals surface area (Å²) in [5, 5.41) is 9.46. The molecule has 0 aromatic heterocycles. The van der Waals surface area contributed by atoms with Gasteiger partial charge in [0.2, 0.25) is 0 Å². The molecule has 1 fully saturated rings. The van der Waals surface area contributed by atoms with Gasteiger partial charge >= 0.3 is 0 Å². The Bertz CT molecular complexity index is 416. The molecule has 2 atom stereocenters. The van der Waals surface area contributed by atoms with Gasteiger partial charge in [-0.1, -0.05) is 29.8 Å². The first kappa shape index (κ1) is 15.7. The average molecular weight is 300 g/mol. The predicted octanol–water partition coefficient (Wildman–Crippen LogP) is 2.11. The zero-order valence-electron chi connectivity index (χ0n) is 11.8. The summed E-state index contributed by atoms with van der Waals surface area (Å²) in [6, 6.07) is 8.19. The molecule has 2 rings (SSSR count). The van der Waals surface area contributed by atoms with Gasteiger partial charge in [0, 0.05) is 29.7 Å². The second-order valence-corrected chi connectivity index (χ2v) is 5.43. The fourth-order valence-electron chi connectivity index (χ4n) is 2.39. The van der Waals surface area contributed by atoms with E-state index in [0.717, 1.165) is 23.7 Å². The number of aliphatic hydroxyl groups is 1. The highest BCUT2D eigenvalue weighted by molar-refractivity contribution is 6.31. The van der Waals surface area contributed by atoms with E-state index in [4.69, 9.17) is 26.2 Å². The smallest absolute Gasteiger partial charge is 0.0967 e. The standard InChI is InChI=1S/C15H22ClNO3/c1-12-11-20-15(13-4-2-3-5-14(13)16)10-17(12)6-8-19-9-7-18/h2-5,12,15,18H,6-11H2,1H3. The maximum absolute atomic E-state index is 8.70. The van der Waals surface area contributed by atoms with E-state index >= 15 is 0 Å².